The lowest BCUT2D eigenvalue weighted by molar-refractivity contribution is -0.384. The first-order chi connectivity index (χ1) is 16.0. The summed E-state index contributed by atoms with van der Waals surface area (Å²) >= 11 is 0. The second-order valence-electron chi connectivity index (χ2n) is 7.22. The number of benzene rings is 3. The highest BCUT2D eigenvalue weighted by molar-refractivity contribution is 5.99. The summed E-state index contributed by atoms with van der Waals surface area (Å²) in [5, 5.41) is 13.9. The Kier molecular flexibility index (Phi) is 8.26. The molecule has 8 heteroatoms. The quantitative estimate of drug-likeness (QED) is 0.279. The average Bonchev–Trinajstić information content (AvgIpc) is 2.84. The third-order valence-electron chi connectivity index (χ3n) is 4.76. The number of carbonyl (C=O) groups excluding carboxylic acids is 2. The van der Waals surface area contributed by atoms with Crippen LogP contribution in [0.5, 0.6) is 0 Å². The number of nitrogens with one attached hydrogen (secondary N) is 1. The van der Waals surface area contributed by atoms with Crippen LogP contribution in [0, 0.1) is 10.1 Å². The molecular formula is C25H24N2O6. The molecule has 0 aliphatic carbocycles. The van der Waals surface area contributed by atoms with E-state index in [1.807, 2.05) is 54.6 Å². The Balaban J connectivity index is 1.57. The Morgan fingerprint density at radius 1 is 0.879 bits per heavy atom. The number of ether oxygens (including phenoxy) is 2. The summed E-state index contributed by atoms with van der Waals surface area (Å²) in [5.74, 6) is -1.25. The highest BCUT2D eigenvalue weighted by Crippen LogP contribution is 2.18. The van der Waals surface area contributed by atoms with Crippen molar-refractivity contribution in [1.82, 2.24) is 5.32 Å². The normalized spacial score (nSPS) is 10.5. The Hall–Kier alpha value is -4.04. The molecule has 3 rings (SSSR count). The molecular weight excluding hydrogens is 424 g/mol. The summed E-state index contributed by atoms with van der Waals surface area (Å²) in [6.07, 6.45) is 0. The van der Waals surface area contributed by atoms with E-state index in [4.69, 9.17) is 9.47 Å². The molecule has 0 unspecified atom stereocenters. The molecule has 0 aliphatic rings. The fourth-order valence-electron chi connectivity index (χ4n) is 3.08. The highest BCUT2D eigenvalue weighted by atomic mass is 16.6. The summed E-state index contributed by atoms with van der Waals surface area (Å²) < 4.78 is 10.6. The molecule has 0 bridgehead atoms. The summed E-state index contributed by atoms with van der Waals surface area (Å²) in [4.78, 5) is 35.1. The molecule has 0 aromatic heterocycles. The number of rotatable bonds is 10. The first kappa shape index (κ1) is 23.6. The molecule has 0 heterocycles. The number of nitrogens with zero attached hydrogens (tertiary/aromatic N) is 1. The summed E-state index contributed by atoms with van der Waals surface area (Å²) in [6.45, 7) is 2.96. The van der Waals surface area contributed by atoms with Gasteiger partial charge >= 0.3 is 5.97 Å². The van der Waals surface area contributed by atoms with Gasteiger partial charge in [0.2, 0.25) is 0 Å². The number of hydrogen-bond donors (Lipinski definition) is 1. The predicted octanol–water partition coefficient (Wildman–Crippen LogP) is 4.42. The molecule has 0 fully saturated rings. The van der Waals surface area contributed by atoms with E-state index in [0.29, 0.717) is 13.2 Å². The minimum Gasteiger partial charge on any atom is -0.462 e. The van der Waals surface area contributed by atoms with Crippen molar-refractivity contribution in [3.63, 3.8) is 0 Å². The second kappa shape index (κ2) is 11.5. The van der Waals surface area contributed by atoms with Crippen molar-refractivity contribution >= 4 is 17.6 Å². The first-order valence-corrected chi connectivity index (χ1v) is 10.4. The van der Waals surface area contributed by atoms with Crippen molar-refractivity contribution in [1.29, 1.82) is 0 Å². The lowest BCUT2D eigenvalue weighted by Crippen LogP contribution is -2.23. The zero-order chi connectivity index (χ0) is 23.6. The van der Waals surface area contributed by atoms with Crippen molar-refractivity contribution < 1.29 is 24.0 Å². The van der Waals surface area contributed by atoms with Crippen LogP contribution in [-0.2, 0) is 29.2 Å². The van der Waals surface area contributed by atoms with Gasteiger partial charge in [0.25, 0.3) is 11.6 Å². The van der Waals surface area contributed by atoms with Crippen LogP contribution in [0.2, 0.25) is 0 Å². The van der Waals surface area contributed by atoms with Crippen molar-refractivity contribution in [3.8, 4) is 0 Å². The Morgan fingerprint density at radius 3 is 2.12 bits per heavy atom. The Labute approximate surface area is 191 Å². The topological polar surface area (TPSA) is 108 Å². The molecule has 1 N–H and O–H groups in total. The SMILES string of the molecule is CCOC(=O)c1cc(C(=O)NCc2ccc(COCc3ccccc3)cc2)cc([N+](=O)[O-])c1. The number of non-ortho nitro benzene ring substituents is 1. The molecule has 170 valence electrons. The van der Waals surface area contributed by atoms with E-state index < -0.39 is 16.8 Å². The fraction of sp³-hybridized carbons (Fsp3) is 0.200. The van der Waals surface area contributed by atoms with Gasteiger partial charge in [0, 0.05) is 24.2 Å². The van der Waals surface area contributed by atoms with Crippen molar-refractivity contribution in [2.24, 2.45) is 0 Å². The predicted molar refractivity (Wildman–Crippen MR) is 122 cm³/mol. The molecule has 0 saturated heterocycles. The van der Waals surface area contributed by atoms with E-state index in [9.17, 15) is 19.7 Å². The van der Waals surface area contributed by atoms with E-state index in [1.54, 1.807) is 6.92 Å². The number of nitro groups is 1. The Bertz CT molecular complexity index is 1110. The molecule has 0 aliphatic heterocycles. The van der Waals surface area contributed by atoms with E-state index in [1.165, 1.54) is 6.07 Å². The van der Waals surface area contributed by atoms with Crippen molar-refractivity contribution in [2.45, 2.75) is 26.7 Å². The van der Waals surface area contributed by atoms with Gasteiger partial charge in [-0.05, 0) is 29.7 Å². The first-order valence-electron chi connectivity index (χ1n) is 10.4. The monoisotopic (exact) mass is 448 g/mol. The van der Waals surface area contributed by atoms with Crippen LogP contribution < -0.4 is 5.32 Å². The van der Waals surface area contributed by atoms with Gasteiger partial charge in [-0.15, -0.1) is 0 Å². The molecule has 3 aromatic rings. The minimum absolute atomic E-state index is 0.0122. The van der Waals surface area contributed by atoms with Gasteiger partial charge in [-0.25, -0.2) is 4.79 Å². The maximum atomic E-state index is 12.6. The van der Waals surface area contributed by atoms with Crippen molar-refractivity contribution in [3.05, 3.63) is 111 Å². The maximum absolute atomic E-state index is 12.6. The third-order valence-corrected chi connectivity index (χ3v) is 4.76. The van der Waals surface area contributed by atoms with Gasteiger partial charge in [0.15, 0.2) is 0 Å². The number of amides is 1. The summed E-state index contributed by atoms with van der Waals surface area (Å²) in [5.41, 5.74) is 2.56. The van der Waals surface area contributed by atoms with Crippen LogP contribution in [0.1, 0.15) is 44.3 Å². The number of carbonyl (C=O) groups is 2. The minimum atomic E-state index is -0.722. The molecule has 3 aromatic carbocycles. The van der Waals surface area contributed by atoms with Crippen LogP contribution in [0.25, 0.3) is 0 Å². The molecule has 0 atom stereocenters. The van der Waals surface area contributed by atoms with Crippen LogP contribution in [0.3, 0.4) is 0 Å². The van der Waals surface area contributed by atoms with Gasteiger partial charge < -0.3 is 14.8 Å². The standard InChI is InChI=1S/C25H24N2O6/c1-2-33-25(29)22-12-21(13-23(14-22)27(30)31)24(28)26-15-18-8-10-20(11-9-18)17-32-16-19-6-4-3-5-7-19/h3-14H,2,15-17H2,1H3,(H,26,28). The van der Waals surface area contributed by atoms with Gasteiger partial charge in [-0.3, -0.25) is 14.9 Å². The molecule has 0 spiro atoms. The molecule has 0 saturated carbocycles. The van der Waals surface area contributed by atoms with E-state index in [2.05, 4.69) is 5.32 Å². The van der Waals surface area contributed by atoms with Gasteiger partial charge in [-0.2, -0.15) is 0 Å². The number of esters is 1. The third kappa shape index (κ3) is 6.98. The van der Waals surface area contributed by atoms with E-state index >= 15 is 0 Å². The van der Waals surface area contributed by atoms with Gasteiger partial charge in [-0.1, -0.05) is 54.6 Å². The maximum Gasteiger partial charge on any atom is 0.338 e. The fourth-order valence-corrected chi connectivity index (χ4v) is 3.08. The van der Waals surface area contributed by atoms with Crippen LogP contribution in [0.15, 0.2) is 72.8 Å². The smallest absolute Gasteiger partial charge is 0.338 e. The van der Waals surface area contributed by atoms with Crippen LogP contribution in [-0.4, -0.2) is 23.4 Å². The zero-order valence-corrected chi connectivity index (χ0v) is 18.2. The van der Waals surface area contributed by atoms with Crippen molar-refractivity contribution in [2.75, 3.05) is 6.61 Å². The highest BCUT2D eigenvalue weighted by Gasteiger charge is 2.18. The van der Waals surface area contributed by atoms with E-state index in [-0.39, 0.29) is 30.0 Å². The van der Waals surface area contributed by atoms with E-state index in [0.717, 1.165) is 28.8 Å². The lowest BCUT2D eigenvalue weighted by atomic mass is 10.1. The number of nitro benzene ring substituents is 1. The Morgan fingerprint density at radius 2 is 1.48 bits per heavy atom. The zero-order valence-electron chi connectivity index (χ0n) is 18.2. The van der Waals surface area contributed by atoms with Gasteiger partial charge in [0.05, 0.1) is 30.3 Å². The largest absolute Gasteiger partial charge is 0.462 e. The lowest BCUT2D eigenvalue weighted by Gasteiger charge is -2.09. The molecule has 1 amide bonds. The van der Waals surface area contributed by atoms with Crippen LogP contribution >= 0.6 is 0 Å². The molecule has 0 radical (unpaired) electrons. The summed E-state index contributed by atoms with van der Waals surface area (Å²) in [6, 6.07) is 21.0. The average molecular weight is 448 g/mol. The van der Waals surface area contributed by atoms with Gasteiger partial charge in [0.1, 0.15) is 0 Å². The molecule has 8 nitrogen and oxygen atoms in total. The van der Waals surface area contributed by atoms with Crippen LogP contribution in [0.4, 0.5) is 5.69 Å². The summed E-state index contributed by atoms with van der Waals surface area (Å²) in [7, 11) is 0. The second-order valence-corrected chi connectivity index (χ2v) is 7.22. The molecule has 33 heavy (non-hydrogen) atoms. The number of hydrogen-bond acceptors (Lipinski definition) is 6.